The molecule has 0 aliphatic carbocycles. The maximum Gasteiger partial charge on any atom is 0.125 e. The summed E-state index contributed by atoms with van der Waals surface area (Å²) >= 11 is 0. The first-order valence-corrected chi connectivity index (χ1v) is 4.87. The lowest BCUT2D eigenvalue weighted by molar-refractivity contribution is 1.06. The Morgan fingerprint density at radius 2 is 1.80 bits per heavy atom. The molecule has 76 valence electrons. The number of hydrogen-bond donors (Lipinski definition) is 1. The fraction of sp³-hybridized carbons (Fsp3) is 0.167. The Hall–Kier alpha value is -1.90. The summed E-state index contributed by atoms with van der Waals surface area (Å²) in [6.45, 7) is 1.89. The second-order valence-corrected chi connectivity index (χ2v) is 3.32. The lowest BCUT2D eigenvalue weighted by atomic mass is 10.1. The van der Waals surface area contributed by atoms with Gasteiger partial charge in [-0.15, -0.1) is 0 Å². The summed E-state index contributed by atoms with van der Waals surface area (Å²) in [7, 11) is 1.91. The smallest absolute Gasteiger partial charge is 0.125 e. The van der Waals surface area contributed by atoms with E-state index in [1.165, 1.54) is 0 Å². The third-order valence-electron chi connectivity index (χ3n) is 2.25. The van der Waals surface area contributed by atoms with E-state index in [9.17, 15) is 0 Å². The molecule has 0 spiro atoms. The highest BCUT2D eigenvalue weighted by atomic mass is 14.9. The molecule has 0 amide bonds. The minimum Gasteiger partial charge on any atom is -0.388 e. The van der Waals surface area contributed by atoms with Gasteiger partial charge in [0.2, 0.25) is 0 Å². The number of rotatable bonds is 2. The van der Waals surface area contributed by atoms with Crippen LogP contribution in [0.3, 0.4) is 0 Å². The number of nitrogens with one attached hydrogen (secondary N) is 1. The fourth-order valence-corrected chi connectivity index (χ4v) is 1.42. The number of benzene rings is 1. The molecule has 0 aliphatic heterocycles. The van der Waals surface area contributed by atoms with Crippen LogP contribution in [-0.2, 0) is 0 Å². The zero-order valence-corrected chi connectivity index (χ0v) is 8.86. The van der Waals surface area contributed by atoms with Gasteiger partial charge in [-0.25, -0.2) is 9.97 Å². The second-order valence-electron chi connectivity index (χ2n) is 3.32. The molecule has 1 aromatic heterocycles. The SMILES string of the molecule is CNc1ccc(-c2ccnc(C)n2)cc1. The van der Waals surface area contributed by atoms with Gasteiger partial charge < -0.3 is 5.32 Å². The maximum atomic E-state index is 4.37. The van der Waals surface area contributed by atoms with E-state index in [2.05, 4.69) is 15.3 Å². The molecule has 0 saturated carbocycles. The van der Waals surface area contributed by atoms with Crippen molar-refractivity contribution in [3.8, 4) is 11.3 Å². The van der Waals surface area contributed by atoms with Gasteiger partial charge in [-0.05, 0) is 25.1 Å². The summed E-state index contributed by atoms with van der Waals surface area (Å²) < 4.78 is 0. The molecule has 3 nitrogen and oxygen atoms in total. The highest BCUT2D eigenvalue weighted by Gasteiger charge is 1.99. The highest BCUT2D eigenvalue weighted by Crippen LogP contribution is 2.18. The van der Waals surface area contributed by atoms with Gasteiger partial charge in [0.15, 0.2) is 0 Å². The average molecular weight is 199 g/mol. The zero-order valence-electron chi connectivity index (χ0n) is 8.86. The summed E-state index contributed by atoms with van der Waals surface area (Å²) in [5, 5.41) is 3.08. The monoisotopic (exact) mass is 199 g/mol. The van der Waals surface area contributed by atoms with E-state index in [1.807, 2.05) is 44.3 Å². The molecule has 1 heterocycles. The number of hydrogen-bond acceptors (Lipinski definition) is 3. The van der Waals surface area contributed by atoms with E-state index in [0.717, 1.165) is 22.8 Å². The van der Waals surface area contributed by atoms with Crippen molar-refractivity contribution in [2.75, 3.05) is 12.4 Å². The minimum absolute atomic E-state index is 0.796. The largest absolute Gasteiger partial charge is 0.388 e. The Bertz CT molecular complexity index is 449. The molecular formula is C12H13N3. The van der Waals surface area contributed by atoms with Crippen LogP contribution in [0, 0.1) is 6.92 Å². The summed E-state index contributed by atoms with van der Waals surface area (Å²) in [4.78, 5) is 8.44. The maximum absolute atomic E-state index is 4.37. The molecule has 1 aromatic carbocycles. The van der Waals surface area contributed by atoms with Gasteiger partial charge in [-0.2, -0.15) is 0 Å². The first kappa shape index (κ1) is 9.65. The molecule has 0 saturated heterocycles. The molecule has 2 aromatic rings. The van der Waals surface area contributed by atoms with E-state index in [0.29, 0.717) is 0 Å². The van der Waals surface area contributed by atoms with Gasteiger partial charge in [-0.3, -0.25) is 0 Å². The van der Waals surface area contributed by atoms with Crippen LogP contribution in [0.2, 0.25) is 0 Å². The van der Waals surface area contributed by atoms with Crippen LogP contribution in [0.1, 0.15) is 5.82 Å². The first-order valence-electron chi connectivity index (χ1n) is 4.87. The standard InChI is InChI=1S/C12H13N3/c1-9-14-8-7-12(15-9)10-3-5-11(13-2)6-4-10/h3-8,13H,1-2H3. The van der Waals surface area contributed by atoms with E-state index < -0.39 is 0 Å². The molecule has 0 unspecified atom stereocenters. The van der Waals surface area contributed by atoms with Gasteiger partial charge in [-0.1, -0.05) is 12.1 Å². The Kier molecular flexibility index (Phi) is 2.63. The number of aromatic nitrogens is 2. The predicted octanol–water partition coefficient (Wildman–Crippen LogP) is 2.49. The van der Waals surface area contributed by atoms with E-state index in [-0.39, 0.29) is 0 Å². The van der Waals surface area contributed by atoms with Crippen LogP contribution in [-0.4, -0.2) is 17.0 Å². The van der Waals surface area contributed by atoms with Gasteiger partial charge in [0.05, 0.1) is 5.69 Å². The van der Waals surface area contributed by atoms with Crippen LogP contribution in [0.4, 0.5) is 5.69 Å². The van der Waals surface area contributed by atoms with Crippen LogP contribution in [0.25, 0.3) is 11.3 Å². The molecule has 1 N–H and O–H groups in total. The van der Waals surface area contributed by atoms with Crippen molar-refractivity contribution in [3.05, 3.63) is 42.4 Å². The van der Waals surface area contributed by atoms with Crippen molar-refractivity contribution >= 4 is 5.69 Å². The highest BCUT2D eigenvalue weighted by molar-refractivity contribution is 5.62. The van der Waals surface area contributed by atoms with Crippen LogP contribution in [0.5, 0.6) is 0 Å². The summed E-state index contributed by atoms with van der Waals surface area (Å²) in [5.74, 6) is 0.796. The fourth-order valence-electron chi connectivity index (χ4n) is 1.42. The molecule has 2 rings (SSSR count). The summed E-state index contributed by atoms with van der Waals surface area (Å²) in [5.41, 5.74) is 3.18. The molecule has 0 aliphatic rings. The quantitative estimate of drug-likeness (QED) is 0.807. The normalized spacial score (nSPS) is 10.0. The van der Waals surface area contributed by atoms with Crippen molar-refractivity contribution in [1.82, 2.24) is 9.97 Å². The van der Waals surface area contributed by atoms with Crippen LogP contribution < -0.4 is 5.32 Å². The lowest BCUT2D eigenvalue weighted by Crippen LogP contribution is -1.91. The molecule has 0 atom stereocenters. The molecule has 0 bridgehead atoms. The molecular weight excluding hydrogens is 186 g/mol. The average Bonchev–Trinajstić information content (AvgIpc) is 2.29. The lowest BCUT2D eigenvalue weighted by Gasteiger charge is -2.03. The summed E-state index contributed by atoms with van der Waals surface area (Å²) in [6, 6.07) is 10.1. The molecule has 3 heteroatoms. The third-order valence-corrected chi connectivity index (χ3v) is 2.25. The van der Waals surface area contributed by atoms with E-state index in [4.69, 9.17) is 0 Å². The molecule has 0 radical (unpaired) electrons. The van der Waals surface area contributed by atoms with Crippen LogP contribution >= 0.6 is 0 Å². The van der Waals surface area contributed by atoms with Gasteiger partial charge >= 0.3 is 0 Å². The van der Waals surface area contributed by atoms with E-state index in [1.54, 1.807) is 6.20 Å². The zero-order chi connectivity index (χ0) is 10.7. The first-order chi connectivity index (χ1) is 7.29. The Morgan fingerprint density at radius 3 is 2.40 bits per heavy atom. The van der Waals surface area contributed by atoms with Gasteiger partial charge in [0.25, 0.3) is 0 Å². The van der Waals surface area contributed by atoms with Crippen LogP contribution in [0.15, 0.2) is 36.5 Å². The van der Waals surface area contributed by atoms with Crippen molar-refractivity contribution in [1.29, 1.82) is 0 Å². The second kappa shape index (κ2) is 4.09. The van der Waals surface area contributed by atoms with Crippen molar-refractivity contribution in [2.24, 2.45) is 0 Å². The molecule has 0 fully saturated rings. The number of aryl methyl sites for hydroxylation is 1. The predicted molar refractivity (Wildman–Crippen MR) is 61.8 cm³/mol. The van der Waals surface area contributed by atoms with Crippen molar-refractivity contribution in [3.63, 3.8) is 0 Å². The van der Waals surface area contributed by atoms with Crippen molar-refractivity contribution < 1.29 is 0 Å². The minimum atomic E-state index is 0.796. The third kappa shape index (κ3) is 2.13. The Morgan fingerprint density at radius 1 is 1.07 bits per heavy atom. The summed E-state index contributed by atoms with van der Waals surface area (Å²) in [6.07, 6.45) is 1.78. The number of anilines is 1. The Labute approximate surface area is 89.2 Å². The molecule has 15 heavy (non-hydrogen) atoms. The van der Waals surface area contributed by atoms with Gasteiger partial charge in [0, 0.05) is 24.5 Å². The van der Waals surface area contributed by atoms with E-state index >= 15 is 0 Å². The number of nitrogens with zero attached hydrogens (tertiary/aromatic N) is 2. The Balaban J connectivity index is 2.37. The topological polar surface area (TPSA) is 37.8 Å². The van der Waals surface area contributed by atoms with Gasteiger partial charge in [0.1, 0.15) is 5.82 Å². The van der Waals surface area contributed by atoms with Crippen molar-refractivity contribution in [2.45, 2.75) is 6.92 Å².